The molecule has 0 radical (unpaired) electrons. The fraction of sp³-hybridized carbons (Fsp3) is 0.500. The van der Waals surface area contributed by atoms with Crippen LogP contribution < -0.4 is 4.74 Å². The van der Waals surface area contributed by atoms with Crippen LogP contribution in [0.15, 0.2) is 29.8 Å². The van der Waals surface area contributed by atoms with Crippen LogP contribution in [0.25, 0.3) is 0 Å². The second-order valence-electron chi connectivity index (χ2n) is 6.29. The number of ketones is 1. The number of hydrogen-bond donors (Lipinski definition) is 0. The van der Waals surface area contributed by atoms with E-state index in [1.165, 1.54) is 16.7 Å². The number of benzene rings is 1. The largest absolute Gasteiger partial charge is 0.497 e. The van der Waals surface area contributed by atoms with E-state index >= 15 is 0 Å². The minimum Gasteiger partial charge on any atom is -0.497 e. The van der Waals surface area contributed by atoms with Crippen LogP contribution in [0.1, 0.15) is 44.2 Å². The Labute approximate surface area is 120 Å². The molecule has 1 aromatic rings. The highest BCUT2D eigenvalue weighted by molar-refractivity contribution is 5.92. The molecule has 0 saturated carbocycles. The monoisotopic (exact) mass is 270 g/mol. The highest BCUT2D eigenvalue weighted by Crippen LogP contribution is 2.51. The summed E-state index contributed by atoms with van der Waals surface area (Å²) in [6, 6.07) is 6.45. The summed E-state index contributed by atoms with van der Waals surface area (Å²) in [7, 11) is 1.72. The zero-order valence-corrected chi connectivity index (χ0v) is 12.5. The molecule has 2 heteroatoms. The Kier molecular flexibility index (Phi) is 3.19. The van der Waals surface area contributed by atoms with Gasteiger partial charge in [0, 0.05) is 11.8 Å². The van der Waals surface area contributed by atoms with E-state index in [4.69, 9.17) is 4.74 Å². The summed E-state index contributed by atoms with van der Waals surface area (Å²) in [5.74, 6) is 1.74. The molecule has 20 heavy (non-hydrogen) atoms. The van der Waals surface area contributed by atoms with Crippen LogP contribution in [-0.4, -0.2) is 12.9 Å². The number of aryl methyl sites for hydroxylation is 1. The first-order valence-electron chi connectivity index (χ1n) is 7.49. The van der Waals surface area contributed by atoms with Gasteiger partial charge in [0.15, 0.2) is 5.78 Å². The second kappa shape index (κ2) is 4.76. The van der Waals surface area contributed by atoms with E-state index in [0.29, 0.717) is 18.1 Å². The van der Waals surface area contributed by atoms with Gasteiger partial charge in [-0.25, -0.2) is 0 Å². The average molecular weight is 270 g/mol. The maximum atomic E-state index is 11.8. The summed E-state index contributed by atoms with van der Waals surface area (Å²) in [4.78, 5) is 11.8. The number of methoxy groups -OCH3 is 1. The van der Waals surface area contributed by atoms with Crippen molar-refractivity contribution in [3.63, 3.8) is 0 Å². The molecule has 0 aliphatic heterocycles. The Bertz CT molecular complexity index is 583. The number of allylic oxidation sites excluding steroid dienone is 2. The molecule has 1 atom stereocenters. The van der Waals surface area contributed by atoms with Gasteiger partial charge in [0.1, 0.15) is 5.75 Å². The van der Waals surface area contributed by atoms with Gasteiger partial charge in [0.05, 0.1) is 7.11 Å². The van der Waals surface area contributed by atoms with Gasteiger partial charge in [0.2, 0.25) is 0 Å². The van der Waals surface area contributed by atoms with E-state index in [0.717, 1.165) is 25.0 Å². The van der Waals surface area contributed by atoms with Gasteiger partial charge in [-0.2, -0.15) is 0 Å². The molecule has 0 heterocycles. The summed E-state index contributed by atoms with van der Waals surface area (Å²) in [6.07, 6.45) is 5.57. The lowest BCUT2D eigenvalue weighted by atomic mass is 9.57. The number of hydrogen-bond acceptors (Lipinski definition) is 2. The van der Waals surface area contributed by atoms with Gasteiger partial charge in [0.25, 0.3) is 0 Å². The molecule has 0 fully saturated rings. The van der Waals surface area contributed by atoms with Crippen LogP contribution in [0.5, 0.6) is 5.75 Å². The SMILES string of the molecule is COc1ccc2c(c1)CCC1=CC(=O)CCC12C(C)C. The standard InChI is InChI=1S/C18H22O2/c1-12(2)18-9-8-15(19)11-14(18)5-4-13-10-16(20-3)6-7-17(13)18/h6-7,10-12H,4-5,8-9H2,1-3H3. The maximum absolute atomic E-state index is 11.8. The van der Waals surface area contributed by atoms with E-state index in [9.17, 15) is 4.79 Å². The number of fused-ring (bicyclic) bond motifs is 3. The molecule has 2 aliphatic rings. The van der Waals surface area contributed by atoms with Crippen molar-refractivity contribution >= 4 is 5.78 Å². The third kappa shape index (κ3) is 1.81. The number of carbonyl (C=O) groups excluding carboxylic acids is 1. The highest BCUT2D eigenvalue weighted by atomic mass is 16.5. The second-order valence-corrected chi connectivity index (χ2v) is 6.29. The summed E-state index contributed by atoms with van der Waals surface area (Å²) in [5, 5.41) is 0. The first-order valence-corrected chi connectivity index (χ1v) is 7.49. The van der Waals surface area contributed by atoms with E-state index < -0.39 is 0 Å². The average Bonchev–Trinajstić information content (AvgIpc) is 2.45. The molecule has 0 saturated heterocycles. The van der Waals surface area contributed by atoms with Crippen LogP contribution in [0.4, 0.5) is 0 Å². The quantitative estimate of drug-likeness (QED) is 0.816. The van der Waals surface area contributed by atoms with Gasteiger partial charge in [-0.15, -0.1) is 0 Å². The van der Waals surface area contributed by atoms with Crippen molar-refractivity contribution < 1.29 is 9.53 Å². The van der Waals surface area contributed by atoms with Crippen LogP contribution in [0, 0.1) is 5.92 Å². The molecule has 3 rings (SSSR count). The van der Waals surface area contributed by atoms with Crippen LogP contribution in [0.3, 0.4) is 0 Å². The molecule has 1 unspecified atom stereocenters. The summed E-state index contributed by atoms with van der Waals surface area (Å²) < 4.78 is 5.36. The molecule has 0 N–H and O–H groups in total. The topological polar surface area (TPSA) is 26.3 Å². The van der Waals surface area contributed by atoms with Crippen molar-refractivity contribution in [3.05, 3.63) is 41.0 Å². The fourth-order valence-corrected chi connectivity index (χ4v) is 4.06. The van der Waals surface area contributed by atoms with Gasteiger partial charge in [-0.1, -0.05) is 25.5 Å². The van der Waals surface area contributed by atoms with Crippen molar-refractivity contribution in [1.82, 2.24) is 0 Å². The summed E-state index contributed by atoms with van der Waals surface area (Å²) in [6.45, 7) is 4.56. The molecule has 2 nitrogen and oxygen atoms in total. The van der Waals surface area contributed by atoms with Gasteiger partial charge >= 0.3 is 0 Å². The summed E-state index contributed by atoms with van der Waals surface area (Å²) in [5.41, 5.74) is 4.22. The predicted molar refractivity (Wildman–Crippen MR) is 80.2 cm³/mol. The van der Waals surface area contributed by atoms with E-state index in [1.54, 1.807) is 7.11 Å². The van der Waals surface area contributed by atoms with Gasteiger partial charge in [-0.05, 0) is 54.5 Å². The Hall–Kier alpha value is -1.57. The Morgan fingerprint density at radius 1 is 1.20 bits per heavy atom. The van der Waals surface area contributed by atoms with Crippen LogP contribution in [-0.2, 0) is 16.6 Å². The molecule has 106 valence electrons. The number of rotatable bonds is 2. The first kappa shape index (κ1) is 13.4. The molecule has 0 spiro atoms. The Morgan fingerprint density at radius 2 is 2.00 bits per heavy atom. The molecule has 0 aromatic heterocycles. The minimum atomic E-state index is 0.0633. The molecular formula is C18H22O2. The third-order valence-electron chi connectivity index (χ3n) is 5.12. The molecule has 2 aliphatic carbocycles. The fourth-order valence-electron chi connectivity index (χ4n) is 4.06. The van der Waals surface area contributed by atoms with Crippen molar-refractivity contribution in [2.45, 2.75) is 44.9 Å². The van der Waals surface area contributed by atoms with E-state index in [2.05, 4.69) is 32.0 Å². The minimum absolute atomic E-state index is 0.0633. The van der Waals surface area contributed by atoms with Gasteiger partial charge in [-0.3, -0.25) is 4.79 Å². The normalized spacial score (nSPS) is 25.0. The van der Waals surface area contributed by atoms with Crippen molar-refractivity contribution in [3.8, 4) is 5.75 Å². The summed E-state index contributed by atoms with van der Waals surface area (Å²) >= 11 is 0. The smallest absolute Gasteiger partial charge is 0.155 e. The third-order valence-corrected chi connectivity index (χ3v) is 5.12. The Balaban J connectivity index is 2.19. The van der Waals surface area contributed by atoms with Gasteiger partial charge < -0.3 is 4.74 Å². The number of carbonyl (C=O) groups is 1. The lowest BCUT2D eigenvalue weighted by Gasteiger charge is -2.46. The highest BCUT2D eigenvalue weighted by Gasteiger charge is 2.44. The van der Waals surface area contributed by atoms with E-state index in [1.807, 2.05) is 6.08 Å². The van der Waals surface area contributed by atoms with Crippen LogP contribution >= 0.6 is 0 Å². The predicted octanol–water partition coefficient (Wildman–Crippen LogP) is 3.82. The van der Waals surface area contributed by atoms with E-state index in [-0.39, 0.29) is 5.41 Å². The van der Waals surface area contributed by atoms with Crippen molar-refractivity contribution in [2.24, 2.45) is 5.92 Å². The zero-order chi connectivity index (χ0) is 14.3. The molecule has 0 bridgehead atoms. The first-order chi connectivity index (χ1) is 9.57. The maximum Gasteiger partial charge on any atom is 0.155 e. The van der Waals surface area contributed by atoms with Crippen molar-refractivity contribution in [1.29, 1.82) is 0 Å². The zero-order valence-electron chi connectivity index (χ0n) is 12.5. The molecule has 1 aromatic carbocycles. The lowest BCUT2D eigenvalue weighted by molar-refractivity contribution is -0.115. The molecule has 0 amide bonds. The number of ether oxygens (including phenoxy) is 1. The van der Waals surface area contributed by atoms with Crippen molar-refractivity contribution in [2.75, 3.05) is 7.11 Å². The lowest BCUT2D eigenvalue weighted by Crippen LogP contribution is -2.41. The Morgan fingerprint density at radius 3 is 2.70 bits per heavy atom. The molecular weight excluding hydrogens is 248 g/mol. The van der Waals surface area contributed by atoms with Crippen LogP contribution in [0.2, 0.25) is 0 Å².